The third-order valence-electron chi connectivity index (χ3n) is 3.41. The third-order valence-corrected chi connectivity index (χ3v) is 3.41. The van der Waals surface area contributed by atoms with Crippen molar-refractivity contribution in [2.75, 3.05) is 11.4 Å². The average Bonchev–Trinajstić information content (AvgIpc) is 2.90. The second-order valence-electron chi connectivity index (χ2n) is 4.59. The number of fused-ring (bicyclic) bond motifs is 1. The summed E-state index contributed by atoms with van der Waals surface area (Å²) in [7, 11) is 0. The van der Waals surface area contributed by atoms with Crippen molar-refractivity contribution in [3.05, 3.63) is 59.4 Å². The molecule has 0 unspecified atom stereocenters. The zero-order valence-corrected chi connectivity index (χ0v) is 10.5. The molecule has 1 aromatic heterocycles. The van der Waals surface area contributed by atoms with Crippen molar-refractivity contribution in [3.63, 3.8) is 0 Å². The summed E-state index contributed by atoms with van der Waals surface area (Å²) in [5.74, 6) is -0.0553. The number of pyridine rings is 1. The number of anilines is 1. The van der Waals surface area contributed by atoms with Crippen LogP contribution in [0.5, 0.6) is 0 Å². The molecule has 1 aliphatic heterocycles. The van der Waals surface area contributed by atoms with E-state index in [1.54, 1.807) is 17.2 Å². The monoisotopic (exact) mass is 253 g/mol. The van der Waals surface area contributed by atoms with Crippen LogP contribution in [0.1, 0.15) is 21.6 Å². The van der Waals surface area contributed by atoms with E-state index in [4.69, 9.17) is 5.73 Å². The molecule has 2 heterocycles. The Balaban J connectivity index is 1.93. The fraction of sp³-hybridized carbons (Fsp3) is 0.200. The van der Waals surface area contributed by atoms with E-state index in [-0.39, 0.29) is 5.91 Å². The van der Waals surface area contributed by atoms with Gasteiger partial charge >= 0.3 is 0 Å². The number of nitrogens with two attached hydrogens (primary N) is 1. The molecule has 4 nitrogen and oxygen atoms in total. The number of carbonyl (C=O) groups excluding carboxylic acids is 1. The smallest absolute Gasteiger partial charge is 0.276 e. The Bertz CT molecular complexity index is 624. The molecular weight excluding hydrogens is 238 g/mol. The number of hydrogen-bond acceptors (Lipinski definition) is 3. The summed E-state index contributed by atoms with van der Waals surface area (Å²) < 4.78 is 0. The van der Waals surface area contributed by atoms with E-state index in [9.17, 15) is 4.79 Å². The van der Waals surface area contributed by atoms with E-state index < -0.39 is 0 Å². The highest BCUT2D eigenvalue weighted by Gasteiger charge is 2.25. The first-order valence-electron chi connectivity index (χ1n) is 6.34. The molecule has 0 bridgehead atoms. The van der Waals surface area contributed by atoms with E-state index in [0.717, 1.165) is 17.7 Å². The summed E-state index contributed by atoms with van der Waals surface area (Å²) >= 11 is 0. The van der Waals surface area contributed by atoms with Gasteiger partial charge in [-0.25, -0.2) is 0 Å². The Hall–Kier alpha value is -2.20. The normalized spacial score (nSPS) is 13.4. The zero-order chi connectivity index (χ0) is 13.2. The fourth-order valence-corrected chi connectivity index (χ4v) is 2.41. The van der Waals surface area contributed by atoms with Crippen LogP contribution in [0.15, 0.2) is 42.6 Å². The van der Waals surface area contributed by atoms with E-state index in [0.29, 0.717) is 18.8 Å². The molecule has 19 heavy (non-hydrogen) atoms. The van der Waals surface area contributed by atoms with Gasteiger partial charge in [0.15, 0.2) is 0 Å². The van der Waals surface area contributed by atoms with Gasteiger partial charge in [-0.15, -0.1) is 0 Å². The van der Waals surface area contributed by atoms with Crippen molar-refractivity contribution in [1.29, 1.82) is 0 Å². The first-order valence-corrected chi connectivity index (χ1v) is 6.34. The molecule has 0 saturated carbocycles. The van der Waals surface area contributed by atoms with Gasteiger partial charge in [0.1, 0.15) is 5.69 Å². The first kappa shape index (κ1) is 11.9. The molecular formula is C15H15N3O. The van der Waals surface area contributed by atoms with Gasteiger partial charge in [0.2, 0.25) is 0 Å². The Morgan fingerprint density at radius 2 is 2.16 bits per heavy atom. The summed E-state index contributed by atoms with van der Waals surface area (Å²) in [6.07, 6.45) is 2.54. The minimum Gasteiger partial charge on any atom is -0.326 e. The maximum Gasteiger partial charge on any atom is 0.276 e. The summed E-state index contributed by atoms with van der Waals surface area (Å²) in [6, 6.07) is 11.6. The molecule has 2 aromatic rings. The van der Waals surface area contributed by atoms with Crippen molar-refractivity contribution in [2.45, 2.75) is 13.0 Å². The van der Waals surface area contributed by atoms with Gasteiger partial charge in [0, 0.05) is 25.0 Å². The van der Waals surface area contributed by atoms with Crippen molar-refractivity contribution in [1.82, 2.24) is 4.98 Å². The van der Waals surface area contributed by atoms with Crippen LogP contribution in [-0.2, 0) is 13.0 Å². The van der Waals surface area contributed by atoms with E-state index >= 15 is 0 Å². The van der Waals surface area contributed by atoms with E-state index in [1.165, 1.54) is 5.56 Å². The molecule has 1 amide bonds. The molecule has 0 aliphatic carbocycles. The number of hydrogen-bond donors (Lipinski definition) is 1. The van der Waals surface area contributed by atoms with Gasteiger partial charge < -0.3 is 10.6 Å². The van der Waals surface area contributed by atoms with Crippen LogP contribution >= 0.6 is 0 Å². The van der Waals surface area contributed by atoms with Crippen molar-refractivity contribution in [3.8, 4) is 0 Å². The lowest BCUT2D eigenvalue weighted by Crippen LogP contribution is -2.29. The molecule has 96 valence electrons. The predicted octanol–water partition coefficient (Wildman–Crippen LogP) is 1.74. The number of para-hydroxylation sites is 1. The predicted molar refractivity (Wildman–Crippen MR) is 74.0 cm³/mol. The maximum atomic E-state index is 12.5. The summed E-state index contributed by atoms with van der Waals surface area (Å²) in [5.41, 5.74) is 9.18. The topological polar surface area (TPSA) is 59.2 Å². The highest BCUT2D eigenvalue weighted by atomic mass is 16.2. The van der Waals surface area contributed by atoms with Crippen LogP contribution in [0.3, 0.4) is 0 Å². The van der Waals surface area contributed by atoms with Crippen molar-refractivity contribution >= 4 is 11.6 Å². The van der Waals surface area contributed by atoms with Crippen LogP contribution in [0.4, 0.5) is 5.69 Å². The number of carbonyl (C=O) groups is 1. The van der Waals surface area contributed by atoms with Gasteiger partial charge in [0.05, 0.1) is 0 Å². The van der Waals surface area contributed by atoms with Crippen LogP contribution in [0.25, 0.3) is 0 Å². The number of amides is 1. The van der Waals surface area contributed by atoms with Gasteiger partial charge in [0.25, 0.3) is 5.91 Å². The lowest BCUT2D eigenvalue weighted by Gasteiger charge is -2.16. The highest BCUT2D eigenvalue weighted by molar-refractivity contribution is 6.06. The van der Waals surface area contributed by atoms with Crippen molar-refractivity contribution < 1.29 is 4.79 Å². The molecule has 0 spiro atoms. The van der Waals surface area contributed by atoms with E-state index in [2.05, 4.69) is 11.1 Å². The third kappa shape index (κ3) is 2.11. The van der Waals surface area contributed by atoms with Gasteiger partial charge in [-0.3, -0.25) is 9.78 Å². The highest BCUT2D eigenvalue weighted by Crippen LogP contribution is 2.28. The Kier molecular flexibility index (Phi) is 3.01. The molecule has 2 N–H and O–H groups in total. The maximum absolute atomic E-state index is 12.5. The molecule has 1 aromatic carbocycles. The lowest BCUT2D eigenvalue weighted by atomic mass is 10.2. The standard InChI is InChI=1S/C15H15N3O/c16-10-11-5-7-17-13(9-11)15(19)18-8-6-12-3-1-2-4-14(12)18/h1-5,7,9H,6,8,10,16H2. The van der Waals surface area contributed by atoms with Crippen LogP contribution in [0, 0.1) is 0 Å². The minimum absolute atomic E-state index is 0.0553. The van der Waals surface area contributed by atoms with E-state index in [1.807, 2.05) is 24.3 Å². The lowest BCUT2D eigenvalue weighted by molar-refractivity contribution is 0.0984. The number of benzene rings is 1. The molecule has 3 rings (SSSR count). The molecule has 4 heteroatoms. The van der Waals surface area contributed by atoms with Crippen LogP contribution in [-0.4, -0.2) is 17.4 Å². The van der Waals surface area contributed by atoms with Crippen LogP contribution < -0.4 is 10.6 Å². The van der Waals surface area contributed by atoms with Crippen molar-refractivity contribution in [2.24, 2.45) is 5.73 Å². The number of aromatic nitrogens is 1. The molecule has 1 aliphatic rings. The second kappa shape index (κ2) is 4.82. The van der Waals surface area contributed by atoms with Gasteiger partial charge in [-0.2, -0.15) is 0 Å². The largest absolute Gasteiger partial charge is 0.326 e. The average molecular weight is 253 g/mol. The fourth-order valence-electron chi connectivity index (χ4n) is 2.41. The molecule has 0 fully saturated rings. The Labute approximate surface area is 111 Å². The molecule has 0 radical (unpaired) electrons. The SMILES string of the molecule is NCc1ccnc(C(=O)N2CCc3ccccc32)c1. The second-order valence-corrected chi connectivity index (χ2v) is 4.59. The quantitative estimate of drug-likeness (QED) is 0.887. The number of rotatable bonds is 2. The molecule has 0 saturated heterocycles. The zero-order valence-electron chi connectivity index (χ0n) is 10.5. The van der Waals surface area contributed by atoms with Gasteiger partial charge in [-0.05, 0) is 35.7 Å². The summed E-state index contributed by atoms with van der Waals surface area (Å²) in [5, 5.41) is 0. The minimum atomic E-state index is -0.0553. The Morgan fingerprint density at radius 1 is 1.32 bits per heavy atom. The summed E-state index contributed by atoms with van der Waals surface area (Å²) in [6.45, 7) is 1.13. The molecule has 0 atom stereocenters. The Morgan fingerprint density at radius 3 is 3.00 bits per heavy atom. The van der Waals surface area contributed by atoms with Gasteiger partial charge in [-0.1, -0.05) is 18.2 Å². The first-order chi connectivity index (χ1) is 9.29. The summed E-state index contributed by atoms with van der Waals surface area (Å²) in [4.78, 5) is 18.4. The number of nitrogens with zero attached hydrogens (tertiary/aromatic N) is 2. The van der Waals surface area contributed by atoms with Crippen LogP contribution in [0.2, 0.25) is 0 Å².